The van der Waals surface area contributed by atoms with Crippen LogP contribution < -0.4 is 10.7 Å². The van der Waals surface area contributed by atoms with E-state index < -0.39 is 0 Å². The lowest BCUT2D eigenvalue weighted by Gasteiger charge is -2.23. The van der Waals surface area contributed by atoms with Gasteiger partial charge in [-0.05, 0) is 67.8 Å². The Kier molecular flexibility index (Phi) is 4.56. The molecule has 0 saturated heterocycles. The predicted molar refractivity (Wildman–Crippen MR) is 94.3 cm³/mol. The molecular formula is C20H23N3. The first-order chi connectivity index (χ1) is 11.2. The third kappa shape index (κ3) is 3.50. The number of hydrogen-bond donors (Lipinski definition) is 0. The summed E-state index contributed by atoms with van der Waals surface area (Å²) in [5.74, 6) is 0.774. The van der Waals surface area contributed by atoms with Crippen LogP contribution in [0.25, 0.3) is 0 Å². The van der Waals surface area contributed by atoms with Crippen molar-refractivity contribution in [2.45, 2.75) is 33.6 Å². The predicted octanol–water partition coefficient (Wildman–Crippen LogP) is 3.47. The van der Waals surface area contributed by atoms with Crippen molar-refractivity contribution in [2.24, 2.45) is 9.98 Å². The van der Waals surface area contributed by atoms with E-state index in [0.717, 1.165) is 23.1 Å². The molecular weight excluding hydrogens is 282 g/mol. The first-order valence-corrected chi connectivity index (χ1v) is 8.25. The Bertz CT molecular complexity index is 795. The van der Waals surface area contributed by atoms with Crippen LogP contribution in [0, 0.1) is 13.8 Å². The second kappa shape index (κ2) is 6.78. The Morgan fingerprint density at radius 3 is 2.35 bits per heavy atom. The Morgan fingerprint density at radius 2 is 1.70 bits per heavy atom. The molecule has 1 aromatic rings. The number of hydrogen-bond acceptors (Lipinski definition) is 3. The molecule has 2 aliphatic heterocycles. The number of nitrogens with zero attached hydrogens (tertiary/aromatic N) is 3. The molecule has 23 heavy (non-hydrogen) atoms. The van der Waals surface area contributed by atoms with Gasteiger partial charge in [-0.2, -0.15) is 0 Å². The third-order valence-electron chi connectivity index (χ3n) is 4.19. The lowest BCUT2D eigenvalue weighted by molar-refractivity contribution is 0.458. The molecule has 0 amide bonds. The van der Waals surface area contributed by atoms with Gasteiger partial charge in [-0.15, -0.1) is 0 Å². The van der Waals surface area contributed by atoms with E-state index in [-0.39, 0.29) is 0 Å². The second-order valence-electron chi connectivity index (χ2n) is 6.01. The number of benzene rings is 1. The minimum atomic E-state index is 0.774. The zero-order chi connectivity index (χ0) is 16.2. The van der Waals surface area contributed by atoms with Crippen molar-refractivity contribution < 1.29 is 0 Å². The van der Waals surface area contributed by atoms with Gasteiger partial charge in [0.15, 0.2) is 5.82 Å². The van der Waals surface area contributed by atoms with Crippen LogP contribution >= 0.6 is 0 Å². The van der Waals surface area contributed by atoms with Gasteiger partial charge in [-0.3, -0.25) is 0 Å². The summed E-state index contributed by atoms with van der Waals surface area (Å²) in [6, 6.07) is 4.22. The van der Waals surface area contributed by atoms with Gasteiger partial charge in [0.05, 0.1) is 10.7 Å². The van der Waals surface area contributed by atoms with Crippen molar-refractivity contribution in [2.75, 3.05) is 6.54 Å². The molecule has 2 heterocycles. The molecule has 0 N–H and O–H groups in total. The van der Waals surface area contributed by atoms with Gasteiger partial charge in [-0.25, -0.2) is 9.98 Å². The van der Waals surface area contributed by atoms with E-state index in [9.17, 15) is 0 Å². The number of unbranched alkanes of at least 4 members (excludes halogenated alkanes) is 1. The number of allylic oxidation sites excluding steroid dienone is 5. The van der Waals surface area contributed by atoms with E-state index in [4.69, 9.17) is 0 Å². The van der Waals surface area contributed by atoms with Gasteiger partial charge >= 0.3 is 0 Å². The van der Waals surface area contributed by atoms with Crippen LogP contribution in [0.5, 0.6) is 0 Å². The molecule has 0 unspecified atom stereocenters. The molecule has 0 fully saturated rings. The van der Waals surface area contributed by atoms with Crippen LogP contribution in [0.2, 0.25) is 0 Å². The van der Waals surface area contributed by atoms with Crippen LogP contribution in [0.15, 0.2) is 70.2 Å². The zero-order valence-corrected chi connectivity index (χ0v) is 14.1. The molecule has 0 radical (unpaired) electrons. The summed E-state index contributed by atoms with van der Waals surface area (Å²) in [6.07, 6.45) is 14.9. The standard InChI is InChI=1S/C20H23N3/c1-4-5-11-23-12-7-6-8-17(23)9-10-20-21-18-13-15(2)16(3)14-19(18)22-20/h6-10,12-14H,4-5,11H2,1-3H3/b17-9-. The third-order valence-corrected chi connectivity index (χ3v) is 4.19. The van der Waals surface area contributed by atoms with Crippen LogP contribution in [-0.4, -0.2) is 11.4 Å². The van der Waals surface area contributed by atoms with E-state index >= 15 is 0 Å². The SMILES string of the molecule is CCCCN1C=CC=C/C1=C/C=C1N=c2cc(C)c(C)cc2=N1. The first-order valence-electron chi connectivity index (χ1n) is 8.25. The molecule has 0 atom stereocenters. The van der Waals surface area contributed by atoms with E-state index in [2.05, 4.69) is 78.3 Å². The van der Waals surface area contributed by atoms with Crippen molar-refractivity contribution in [3.8, 4) is 0 Å². The number of fused-ring (bicyclic) bond motifs is 1. The first kappa shape index (κ1) is 15.5. The summed E-state index contributed by atoms with van der Waals surface area (Å²) in [5, 5.41) is 1.94. The summed E-state index contributed by atoms with van der Waals surface area (Å²) in [6.45, 7) is 7.48. The smallest absolute Gasteiger partial charge is 0.153 e. The van der Waals surface area contributed by atoms with Gasteiger partial charge in [-0.1, -0.05) is 19.4 Å². The molecule has 0 bridgehead atoms. The number of rotatable bonds is 4. The molecule has 0 spiro atoms. The van der Waals surface area contributed by atoms with Crippen molar-refractivity contribution in [3.05, 3.63) is 82.1 Å². The van der Waals surface area contributed by atoms with Crippen LogP contribution in [0.3, 0.4) is 0 Å². The lowest BCUT2D eigenvalue weighted by atomic mass is 10.1. The van der Waals surface area contributed by atoms with Crippen molar-refractivity contribution >= 4 is 0 Å². The maximum Gasteiger partial charge on any atom is 0.153 e. The molecule has 2 aliphatic rings. The van der Waals surface area contributed by atoms with Crippen LogP contribution in [-0.2, 0) is 0 Å². The molecule has 0 aromatic heterocycles. The minimum absolute atomic E-state index is 0.774. The molecule has 0 saturated carbocycles. The highest BCUT2D eigenvalue weighted by Crippen LogP contribution is 2.14. The molecule has 0 aliphatic carbocycles. The summed E-state index contributed by atoms with van der Waals surface area (Å²) in [5.41, 5.74) is 3.70. The highest BCUT2D eigenvalue weighted by atomic mass is 15.1. The largest absolute Gasteiger partial charge is 0.348 e. The van der Waals surface area contributed by atoms with Gasteiger partial charge in [0.25, 0.3) is 0 Å². The fourth-order valence-corrected chi connectivity index (χ4v) is 2.64. The zero-order valence-electron chi connectivity index (χ0n) is 14.1. The highest BCUT2D eigenvalue weighted by Gasteiger charge is 2.07. The Balaban J connectivity index is 1.86. The van der Waals surface area contributed by atoms with Gasteiger partial charge in [0, 0.05) is 18.4 Å². The average Bonchev–Trinajstić information content (AvgIpc) is 2.94. The maximum absolute atomic E-state index is 4.61. The second-order valence-corrected chi connectivity index (χ2v) is 6.01. The quantitative estimate of drug-likeness (QED) is 0.837. The fraction of sp³-hybridized carbons (Fsp3) is 0.300. The van der Waals surface area contributed by atoms with E-state index in [1.54, 1.807) is 0 Å². The van der Waals surface area contributed by atoms with Crippen molar-refractivity contribution in [1.29, 1.82) is 0 Å². The van der Waals surface area contributed by atoms with Crippen molar-refractivity contribution in [3.63, 3.8) is 0 Å². The van der Waals surface area contributed by atoms with Crippen molar-refractivity contribution in [1.82, 2.24) is 4.90 Å². The summed E-state index contributed by atoms with van der Waals surface area (Å²) < 4.78 is 0. The lowest BCUT2D eigenvalue weighted by Crippen LogP contribution is -2.22. The van der Waals surface area contributed by atoms with E-state index in [0.29, 0.717) is 0 Å². The summed E-state index contributed by atoms with van der Waals surface area (Å²) >= 11 is 0. The van der Waals surface area contributed by atoms with Gasteiger partial charge in [0.2, 0.25) is 0 Å². The van der Waals surface area contributed by atoms with Crippen LogP contribution in [0.4, 0.5) is 0 Å². The summed E-state index contributed by atoms with van der Waals surface area (Å²) in [7, 11) is 0. The Morgan fingerprint density at radius 1 is 1.00 bits per heavy atom. The topological polar surface area (TPSA) is 28.0 Å². The summed E-state index contributed by atoms with van der Waals surface area (Å²) in [4.78, 5) is 11.5. The molecule has 3 nitrogen and oxygen atoms in total. The minimum Gasteiger partial charge on any atom is -0.348 e. The number of aryl methyl sites for hydroxylation is 2. The van der Waals surface area contributed by atoms with E-state index in [1.807, 2.05) is 6.08 Å². The van der Waals surface area contributed by atoms with Gasteiger partial charge < -0.3 is 4.90 Å². The Hall–Kier alpha value is -2.42. The van der Waals surface area contributed by atoms with Gasteiger partial charge in [0.1, 0.15) is 0 Å². The highest BCUT2D eigenvalue weighted by molar-refractivity contribution is 5.33. The Labute approximate surface area is 137 Å². The molecule has 1 aromatic carbocycles. The maximum atomic E-state index is 4.61. The normalized spacial score (nSPS) is 17.3. The van der Waals surface area contributed by atoms with Crippen LogP contribution in [0.1, 0.15) is 30.9 Å². The fourth-order valence-electron chi connectivity index (χ4n) is 2.64. The molecule has 3 heteroatoms. The molecule has 118 valence electrons. The van der Waals surface area contributed by atoms with E-state index in [1.165, 1.54) is 29.7 Å². The average molecular weight is 305 g/mol. The monoisotopic (exact) mass is 305 g/mol. The molecule has 3 rings (SSSR count).